The SMILES string of the molecule is CCOC(=O)C1CCN(Cc2nc3cc(S(=O)(=O)N4CCCCC4)ccc3n2CC)CC1. The summed E-state index contributed by atoms with van der Waals surface area (Å²) in [5, 5.41) is 0. The molecule has 0 atom stereocenters. The molecular formula is C23H34N4O4S. The molecule has 2 aliphatic heterocycles. The molecule has 9 heteroatoms. The molecule has 176 valence electrons. The lowest BCUT2D eigenvalue weighted by Gasteiger charge is -2.30. The number of hydrogen-bond donors (Lipinski definition) is 0. The van der Waals surface area contributed by atoms with Gasteiger partial charge in [0.2, 0.25) is 10.0 Å². The van der Waals surface area contributed by atoms with Crippen LogP contribution in [-0.4, -0.2) is 65.9 Å². The minimum atomic E-state index is -3.48. The summed E-state index contributed by atoms with van der Waals surface area (Å²) in [5.41, 5.74) is 1.68. The average Bonchev–Trinajstić information content (AvgIpc) is 3.16. The molecular weight excluding hydrogens is 428 g/mol. The molecule has 0 unspecified atom stereocenters. The third kappa shape index (κ3) is 4.70. The van der Waals surface area contributed by atoms with Gasteiger partial charge >= 0.3 is 5.97 Å². The van der Waals surface area contributed by atoms with Gasteiger partial charge < -0.3 is 9.30 Å². The lowest BCUT2D eigenvalue weighted by molar-refractivity contribution is -0.149. The quantitative estimate of drug-likeness (QED) is 0.588. The second-order valence-corrected chi connectivity index (χ2v) is 10.6. The predicted molar refractivity (Wildman–Crippen MR) is 123 cm³/mol. The van der Waals surface area contributed by atoms with Gasteiger partial charge in [-0.15, -0.1) is 0 Å². The van der Waals surface area contributed by atoms with Crippen LogP contribution in [0.1, 0.15) is 51.8 Å². The van der Waals surface area contributed by atoms with E-state index in [2.05, 4.69) is 16.4 Å². The first-order chi connectivity index (χ1) is 15.4. The van der Waals surface area contributed by atoms with Crippen molar-refractivity contribution in [2.24, 2.45) is 5.92 Å². The van der Waals surface area contributed by atoms with E-state index < -0.39 is 10.0 Å². The summed E-state index contributed by atoms with van der Waals surface area (Å²) in [6, 6.07) is 5.33. The molecule has 2 saturated heterocycles. The van der Waals surface area contributed by atoms with Crippen LogP contribution in [-0.2, 0) is 32.6 Å². The molecule has 2 aromatic rings. The molecule has 0 spiro atoms. The molecule has 0 saturated carbocycles. The molecule has 2 aliphatic rings. The fourth-order valence-corrected chi connectivity index (χ4v) is 6.37. The highest BCUT2D eigenvalue weighted by Gasteiger charge is 2.28. The summed E-state index contributed by atoms with van der Waals surface area (Å²) >= 11 is 0. The van der Waals surface area contributed by atoms with Crippen LogP contribution in [0.4, 0.5) is 0 Å². The topological polar surface area (TPSA) is 84.7 Å². The predicted octanol–water partition coefficient (Wildman–Crippen LogP) is 3.01. The van der Waals surface area contributed by atoms with E-state index in [0.29, 0.717) is 31.1 Å². The number of ether oxygens (including phenoxy) is 1. The van der Waals surface area contributed by atoms with Crippen LogP contribution in [0.3, 0.4) is 0 Å². The van der Waals surface area contributed by atoms with E-state index in [0.717, 1.165) is 68.6 Å². The first-order valence-electron chi connectivity index (χ1n) is 11.8. The highest BCUT2D eigenvalue weighted by atomic mass is 32.2. The standard InChI is InChI=1S/C23H34N4O4S/c1-3-27-21-9-8-19(32(29,30)26-12-6-5-7-13-26)16-20(21)24-22(27)17-25-14-10-18(11-15-25)23(28)31-4-2/h8-9,16,18H,3-7,10-15,17H2,1-2H3. The van der Waals surface area contributed by atoms with Crippen LogP contribution in [0.2, 0.25) is 0 Å². The number of rotatable bonds is 7. The maximum Gasteiger partial charge on any atom is 0.309 e. The number of piperidine rings is 2. The molecule has 1 aromatic carbocycles. The summed E-state index contributed by atoms with van der Waals surface area (Å²) < 4.78 is 35.1. The Hall–Kier alpha value is -1.97. The van der Waals surface area contributed by atoms with Gasteiger partial charge in [-0.1, -0.05) is 6.42 Å². The number of imidazole rings is 1. The third-order valence-electron chi connectivity index (χ3n) is 6.64. The molecule has 0 bridgehead atoms. The normalized spacial score (nSPS) is 19.4. The van der Waals surface area contributed by atoms with Crippen molar-refractivity contribution < 1.29 is 17.9 Å². The zero-order valence-electron chi connectivity index (χ0n) is 19.1. The van der Waals surface area contributed by atoms with Gasteiger partial charge in [0.1, 0.15) is 5.82 Å². The molecule has 0 radical (unpaired) electrons. The number of esters is 1. The number of benzene rings is 1. The fourth-order valence-electron chi connectivity index (χ4n) is 4.83. The summed E-state index contributed by atoms with van der Waals surface area (Å²) in [7, 11) is -3.48. The van der Waals surface area contributed by atoms with Gasteiger partial charge in [0, 0.05) is 19.6 Å². The number of sulfonamides is 1. The second kappa shape index (κ2) is 9.89. The second-order valence-electron chi connectivity index (χ2n) is 8.69. The first kappa shape index (κ1) is 23.2. The Kier molecular flexibility index (Phi) is 7.17. The van der Waals surface area contributed by atoms with Gasteiger partial charge in [-0.3, -0.25) is 9.69 Å². The largest absolute Gasteiger partial charge is 0.466 e. The molecule has 32 heavy (non-hydrogen) atoms. The Labute approximate surface area is 190 Å². The lowest BCUT2D eigenvalue weighted by Crippen LogP contribution is -2.37. The Morgan fingerprint density at radius 3 is 2.47 bits per heavy atom. The zero-order chi connectivity index (χ0) is 22.7. The van der Waals surface area contributed by atoms with Crippen LogP contribution in [0.15, 0.2) is 23.1 Å². The van der Waals surface area contributed by atoms with Crippen LogP contribution in [0.25, 0.3) is 11.0 Å². The van der Waals surface area contributed by atoms with E-state index in [1.807, 2.05) is 13.0 Å². The van der Waals surface area contributed by atoms with Gasteiger partial charge in [0.15, 0.2) is 0 Å². The minimum absolute atomic E-state index is 0.0151. The molecule has 3 heterocycles. The molecule has 0 aliphatic carbocycles. The number of hydrogen-bond acceptors (Lipinski definition) is 6. The summed E-state index contributed by atoms with van der Waals surface area (Å²) in [6.45, 7) is 8.63. The molecule has 1 aromatic heterocycles. The van der Waals surface area contributed by atoms with Gasteiger partial charge in [-0.05, 0) is 70.8 Å². The smallest absolute Gasteiger partial charge is 0.309 e. The Balaban J connectivity index is 1.51. The monoisotopic (exact) mass is 462 g/mol. The summed E-state index contributed by atoms with van der Waals surface area (Å²) in [5.74, 6) is 0.832. The van der Waals surface area contributed by atoms with Crippen LogP contribution in [0, 0.1) is 5.92 Å². The number of likely N-dealkylation sites (tertiary alicyclic amines) is 1. The van der Waals surface area contributed by atoms with E-state index in [-0.39, 0.29) is 11.9 Å². The van der Waals surface area contributed by atoms with Crippen molar-refractivity contribution in [3.05, 3.63) is 24.0 Å². The number of aryl methyl sites for hydroxylation is 1. The number of carbonyl (C=O) groups excluding carboxylic acids is 1. The number of carbonyl (C=O) groups is 1. The first-order valence-corrected chi connectivity index (χ1v) is 13.3. The number of fused-ring (bicyclic) bond motifs is 1. The summed E-state index contributed by atoms with van der Waals surface area (Å²) in [4.78, 5) is 19.5. The third-order valence-corrected chi connectivity index (χ3v) is 8.53. The van der Waals surface area contributed by atoms with E-state index >= 15 is 0 Å². The van der Waals surface area contributed by atoms with E-state index in [1.165, 1.54) is 0 Å². The molecule has 0 amide bonds. The van der Waals surface area contributed by atoms with Crippen molar-refractivity contribution in [2.45, 2.75) is 63.9 Å². The van der Waals surface area contributed by atoms with Crippen LogP contribution >= 0.6 is 0 Å². The van der Waals surface area contributed by atoms with Crippen molar-refractivity contribution in [1.29, 1.82) is 0 Å². The molecule has 4 rings (SSSR count). The van der Waals surface area contributed by atoms with E-state index in [4.69, 9.17) is 9.72 Å². The highest BCUT2D eigenvalue weighted by molar-refractivity contribution is 7.89. The minimum Gasteiger partial charge on any atom is -0.466 e. The highest BCUT2D eigenvalue weighted by Crippen LogP contribution is 2.26. The fraction of sp³-hybridized carbons (Fsp3) is 0.652. The number of nitrogens with zero attached hydrogens (tertiary/aromatic N) is 4. The lowest BCUT2D eigenvalue weighted by atomic mass is 9.97. The maximum atomic E-state index is 13.1. The molecule has 0 N–H and O–H groups in total. The molecule has 2 fully saturated rings. The van der Waals surface area contributed by atoms with Crippen LogP contribution in [0.5, 0.6) is 0 Å². The zero-order valence-corrected chi connectivity index (χ0v) is 19.9. The van der Waals surface area contributed by atoms with Gasteiger partial charge in [0.25, 0.3) is 0 Å². The van der Waals surface area contributed by atoms with Crippen molar-refractivity contribution in [3.63, 3.8) is 0 Å². The average molecular weight is 463 g/mol. The number of aromatic nitrogens is 2. The Morgan fingerprint density at radius 2 is 1.81 bits per heavy atom. The van der Waals surface area contributed by atoms with Gasteiger partial charge in [0.05, 0.1) is 35.0 Å². The van der Waals surface area contributed by atoms with E-state index in [1.54, 1.807) is 16.4 Å². The van der Waals surface area contributed by atoms with Crippen molar-refractivity contribution in [3.8, 4) is 0 Å². The van der Waals surface area contributed by atoms with Gasteiger partial charge in [-0.2, -0.15) is 4.31 Å². The van der Waals surface area contributed by atoms with E-state index in [9.17, 15) is 13.2 Å². The van der Waals surface area contributed by atoms with Crippen LogP contribution < -0.4 is 0 Å². The van der Waals surface area contributed by atoms with Crippen molar-refractivity contribution in [2.75, 3.05) is 32.8 Å². The van der Waals surface area contributed by atoms with Crippen molar-refractivity contribution >= 4 is 27.0 Å². The van der Waals surface area contributed by atoms with Crippen molar-refractivity contribution in [1.82, 2.24) is 18.8 Å². The Bertz CT molecular complexity index is 1050. The summed E-state index contributed by atoms with van der Waals surface area (Å²) in [6.07, 6.45) is 4.52. The maximum absolute atomic E-state index is 13.1. The Morgan fingerprint density at radius 1 is 1.09 bits per heavy atom. The van der Waals surface area contributed by atoms with Gasteiger partial charge in [-0.25, -0.2) is 13.4 Å². The molecule has 8 nitrogen and oxygen atoms in total.